The summed E-state index contributed by atoms with van der Waals surface area (Å²) < 4.78 is 49.7. The summed E-state index contributed by atoms with van der Waals surface area (Å²) in [6.07, 6.45) is 7.63. The molecule has 0 aromatic rings. The minimum atomic E-state index is -2.67. The summed E-state index contributed by atoms with van der Waals surface area (Å²) in [6, 6.07) is 0.661. The number of carbonyl (C=O) groups is 1. The Morgan fingerprint density at radius 2 is 1.26 bits per heavy atom. The summed E-state index contributed by atoms with van der Waals surface area (Å²) in [6.45, 7) is 9.52. The Morgan fingerprint density at radius 1 is 0.742 bits per heavy atom. The lowest BCUT2D eigenvalue weighted by Gasteiger charge is -2.28. The highest BCUT2D eigenvalue weighted by Gasteiger charge is 2.39. The molecule has 0 heterocycles. The summed E-state index contributed by atoms with van der Waals surface area (Å²) in [5, 5.41) is 0. The predicted molar refractivity (Wildman–Crippen MR) is 122 cm³/mol. The van der Waals surface area contributed by atoms with Crippen molar-refractivity contribution in [3.63, 3.8) is 0 Å². The van der Waals surface area contributed by atoms with E-state index in [4.69, 9.17) is 18.0 Å². The average Bonchev–Trinajstić information content (AvgIpc) is 2.73. The SMILES string of the molecule is CCCCC/C(F)=C/C=C(\F)CCCOC(=O)CCCC[Si](OCC)(OCC)OCC. The summed E-state index contributed by atoms with van der Waals surface area (Å²) in [5.41, 5.74) is 0. The quantitative estimate of drug-likeness (QED) is 0.0857. The standard InChI is InChI=1S/C23H42F2O5Si/c1-5-9-10-14-21(24)17-18-22(25)15-13-19-27-23(26)16-11-12-20-31(28-6-2,29-7-3)30-8-4/h17-18H,5-16,19-20H2,1-4H3/b21-17-,22-18-. The van der Waals surface area contributed by atoms with Crippen molar-refractivity contribution in [1.82, 2.24) is 0 Å². The predicted octanol–water partition coefficient (Wildman–Crippen LogP) is 6.82. The maximum Gasteiger partial charge on any atom is 0.500 e. The molecule has 0 bridgehead atoms. The van der Waals surface area contributed by atoms with Gasteiger partial charge in [0.25, 0.3) is 0 Å². The molecule has 0 spiro atoms. The van der Waals surface area contributed by atoms with Crippen molar-refractivity contribution in [2.24, 2.45) is 0 Å². The van der Waals surface area contributed by atoms with Gasteiger partial charge in [-0.15, -0.1) is 0 Å². The first-order chi connectivity index (χ1) is 14.9. The molecule has 0 aromatic heterocycles. The first-order valence-electron chi connectivity index (χ1n) is 11.7. The van der Waals surface area contributed by atoms with Gasteiger partial charge >= 0.3 is 14.8 Å². The van der Waals surface area contributed by atoms with Gasteiger partial charge in [-0.2, -0.15) is 0 Å². The maximum absolute atomic E-state index is 13.7. The third kappa shape index (κ3) is 16.2. The topological polar surface area (TPSA) is 54.0 Å². The van der Waals surface area contributed by atoms with Crippen LogP contribution < -0.4 is 0 Å². The van der Waals surface area contributed by atoms with Crippen LogP contribution in [0.15, 0.2) is 23.8 Å². The Labute approximate surface area is 188 Å². The first-order valence-corrected chi connectivity index (χ1v) is 13.6. The molecule has 0 saturated carbocycles. The molecule has 5 nitrogen and oxygen atoms in total. The second-order valence-electron chi connectivity index (χ2n) is 7.20. The van der Waals surface area contributed by atoms with Crippen LogP contribution in [0.3, 0.4) is 0 Å². The van der Waals surface area contributed by atoms with E-state index in [1.54, 1.807) is 0 Å². The number of ether oxygens (including phenoxy) is 1. The van der Waals surface area contributed by atoms with Gasteiger partial charge < -0.3 is 18.0 Å². The molecule has 0 unspecified atom stereocenters. The molecule has 0 fully saturated rings. The largest absolute Gasteiger partial charge is 0.500 e. The van der Waals surface area contributed by atoms with Gasteiger partial charge in [-0.25, -0.2) is 8.78 Å². The normalized spacial score (nSPS) is 13.0. The summed E-state index contributed by atoms with van der Waals surface area (Å²) in [7, 11) is -2.67. The van der Waals surface area contributed by atoms with Crippen LogP contribution in [0.5, 0.6) is 0 Å². The van der Waals surface area contributed by atoms with Crippen molar-refractivity contribution in [2.75, 3.05) is 26.4 Å². The number of rotatable bonds is 20. The van der Waals surface area contributed by atoms with Crippen LogP contribution in [0.4, 0.5) is 8.78 Å². The third-order valence-corrected chi connectivity index (χ3v) is 7.65. The van der Waals surface area contributed by atoms with Gasteiger partial charge in [0.1, 0.15) is 5.83 Å². The molecule has 0 aliphatic heterocycles. The highest BCUT2D eigenvalue weighted by atomic mass is 28.4. The van der Waals surface area contributed by atoms with E-state index in [9.17, 15) is 13.6 Å². The van der Waals surface area contributed by atoms with E-state index >= 15 is 0 Å². The molecule has 0 rings (SSSR count). The van der Waals surface area contributed by atoms with Crippen molar-refractivity contribution in [3.05, 3.63) is 23.8 Å². The van der Waals surface area contributed by atoms with Gasteiger partial charge in [-0.3, -0.25) is 4.79 Å². The molecule has 8 heteroatoms. The van der Waals surface area contributed by atoms with Crippen LogP contribution in [0, 0.1) is 0 Å². The highest BCUT2D eigenvalue weighted by molar-refractivity contribution is 6.60. The number of esters is 1. The van der Waals surface area contributed by atoms with Gasteiger partial charge in [-0.1, -0.05) is 19.8 Å². The van der Waals surface area contributed by atoms with Crippen LogP contribution >= 0.6 is 0 Å². The molecule has 0 N–H and O–H groups in total. The van der Waals surface area contributed by atoms with Crippen molar-refractivity contribution in [1.29, 1.82) is 0 Å². The fourth-order valence-corrected chi connectivity index (χ4v) is 5.69. The van der Waals surface area contributed by atoms with Crippen molar-refractivity contribution < 1.29 is 31.6 Å². The Balaban J connectivity index is 4.06. The zero-order chi connectivity index (χ0) is 23.4. The summed E-state index contributed by atoms with van der Waals surface area (Å²) >= 11 is 0. The molecular weight excluding hydrogens is 422 g/mol. The number of unbranched alkanes of at least 4 members (excludes halogenated alkanes) is 3. The molecule has 0 saturated heterocycles. The van der Waals surface area contributed by atoms with E-state index < -0.39 is 14.6 Å². The molecule has 0 aliphatic rings. The lowest BCUT2D eigenvalue weighted by molar-refractivity contribution is -0.143. The minimum Gasteiger partial charge on any atom is -0.466 e. The van der Waals surface area contributed by atoms with E-state index in [1.165, 1.54) is 6.08 Å². The minimum absolute atomic E-state index is 0.122. The van der Waals surface area contributed by atoms with Crippen molar-refractivity contribution >= 4 is 14.8 Å². The van der Waals surface area contributed by atoms with E-state index in [2.05, 4.69) is 0 Å². The van der Waals surface area contributed by atoms with Crippen LogP contribution in [0.1, 0.15) is 85.5 Å². The van der Waals surface area contributed by atoms with Crippen molar-refractivity contribution in [3.8, 4) is 0 Å². The highest BCUT2D eigenvalue weighted by Crippen LogP contribution is 2.20. The molecular formula is C23H42F2O5Si. The van der Waals surface area contributed by atoms with Crippen LogP contribution in [-0.4, -0.2) is 41.2 Å². The number of carbonyl (C=O) groups excluding carboxylic acids is 1. The smallest absolute Gasteiger partial charge is 0.466 e. The first kappa shape index (κ1) is 29.9. The average molecular weight is 465 g/mol. The Hall–Kier alpha value is -1.09. The Bertz CT molecular complexity index is 509. The molecule has 0 radical (unpaired) electrons. The molecule has 0 amide bonds. The molecule has 182 valence electrons. The maximum atomic E-state index is 13.7. The van der Waals surface area contributed by atoms with Gasteiger partial charge in [0.2, 0.25) is 0 Å². The van der Waals surface area contributed by atoms with Crippen LogP contribution in [0.25, 0.3) is 0 Å². The summed E-state index contributed by atoms with van der Waals surface area (Å²) in [4.78, 5) is 11.9. The van der Waals surface area contributed by atoms with Crippen LogP contribution in [0.2, 0.25) is 6.04 Å². The fraction of sp³-hybridized carbons (Fsp3) is 0.783. The molecule has 31 heavy (non-hydrogen) atoms. The fourth-order valence-electron chi connectivity index (χ4n) is 3.00. The second-order valence-corrected chi connectivity index (χ2v) is 9.93. The van der Waals surface area contributed by atoms with Crippen LogP contribution in [-0.2, 0) is 22.8 Å². The second kappa shape index (κ2) is 19.6. The molecule has 0 atom stereocenters. The zero-order valence-corrected chi connectivity index (χ0v) is 20.9. The van der Waals surface area contributed by atoms with Crippen molar-refractivity contribution in [2.45, 2.75) is 91.5 Å². The number of allylic oxidation sites excluding steroid dienone is 4. The number of hydrogen-bond donors (Lipinski definition) is 0. The van der Waals surface area contributed by atoms with Gasteiger partial charge in [0, 0.05) is 38.7 Å². The van der Waals surface area contributed by atoms with Gasteiger partial charge in [0.15, 0.2) is 0 Å². The van der Waals surface area contributed by atoms with E-state index in [-0.39, 0.29) is 24.8 Å². The van der Waals surface area contributed by atoms with Gasteiger partial charge in [0.05, 0.1) is 12.4 Å². The molecule has 0 aromatic carbocycles. The van der Waals surface area contributed by atoms with Gasteiger partial charge in [-0.05, 0) is 65.0 Å². The lowest BCUT2D eigenvalue weighted by atomic mass is 10.2. The van der Waals surface area contributed by atoms with E-state index in [0.717, 1.165) is 31.8 Å². The zero-order valence-electron chi connectivity index (χ0n) is 19.9. The number of halogens is 2. The Morgan fingerprint density at radius 3 is 1.77 bits per heavy atom. The number of hydrogen-bond acceptors (Lipinski definition) is 5. The monoisotopic (exact) mass is 464 g/mol. The summed E-state index contributed by atoms with van der Waals surface area (Å²) in [5.74, 6) is -1.02. The Kier molecular flexibility index (Phi) is 18.9. The van der Waals surface area contributed by atoms with E-state index in [0.29, 0.717) is 51.5 Å². The lowest BCUT2D eigenvalue weighted by Crippen LogP contribution is -2.45. The van der Waals surface area contributed by atoms with E-state index in [1.807, 2.05) is 27.7 Å². The molecule has 0 aliphatic carbocycles. The third-order valence-electron chi connectivity index (χ3n) is 4.49.